The molecule has 0 heterocycles. The minimum atomic E-state index is -3.59. The predicted octanol–water partition coefficient (Wildman–Crippen LogP) is 2.65. The molecule has 3 nitrogen and oxygen atoms in total. The highest BCUT2D eigenvalue weighted by atomic mass is 32.2. The fourth-order valence-electron chi connectivity index (χ4n) is 2.75. The van der Waals surface area contributed by atoms with Gasteiger partial charge >= 0.3 is 0 Å². The van der Waals surface area contributed by atoms with Crippen LogP contribution in [0.2, 0.25) is 0 Å². The van der Waals surface area contributed by atoms with Gasteiger partial charge in [-0.15, -0.1) is 0 Å². The summed E-state index contributed by atoms with van der Waals surface area (Å²) in [7, 11) is -3.59. The molecule has 0 aliphatic heterocycles. The number of primary sulfonamides is 1. The van der Waals surface area contributed by atoms with Gasteiger partial charge < -0.3 is 0 Å². The Morgan fingerprint density at radius 2 is 1.78 bits per heavy atom. The van der Waals surface area contributed by atoms with E-state index in [0.29, 0.717) is 11.8 Å². The summed E-state index contributed by atoms with van der Waals surface area (Å²) in [6.07, 6.45) is 4.30. The molecule has 0 saturated heterocycles. The zero-order valence-corrected chi connectivity index (χ0v) is 11.7. The number of hydrogen-bond donors (Lipinski definition) is 1. The second-order valence-corrected chi connectivity index (χ2v) is 7.03. The predicted molar refractivity (Wildman–Crippen MR) is 72.6 cm³/mol. The van der Waals surface area contributed by atoms with Gasteiger partial charge in [0.05, 0.1) is 4.90 Å². The van der Waals surface area contributed by atoms with Gasteiger partial charge in [-0.05, 0) is 41.9 Å². The standard InChI is InChI=1S/C14H19NO2S/c1-4-5-12-13(14(12,2)3)10-6-8-11(9-7-10)18(15,16)17/h4-9,12-13H,1-3H3,(H2,15,16,17)/b5-4+/t12-,13-/m1/s1. The lowest BCUT2D eigenvalue weighted by Gasteiger charge is -2.04. The Kier molecular flexibility index (Phi) is 3.11. The summed E-state index contributed by atoms with van der Waals surface area (Å²) < 4.78 is 22.4. The Morgan fingerprint density at radius 1 is 1.22 bits per heavy atom. The van der Waals surface area contributed by atoms with E-state index in [1.54, 1.807) is 12.1 Å². The minimum absolute atomic E-state index is 0.173. The minimum Gasteiger partial charge on any atom is -0.225 e. The lowest BCUT2D eigenvalue weighted by Crippen LogP contribution is -2.11. The lowest BCUT2D eigenvalue weighted by atomic mass is 10.0. The van der Waals surface area contributed by atoms with Crippen LogP contribution in [0.3, 0.4) is 0 Å². The number of sulfonamides is 1. The molecular formula is C14H19NO2S. The Morgan fingerprint density at radius 3 is 2.22 bits per heavy atom. The molecule has 1 aliphatic rings. The summed E-state index contributed by atoms with van der Waals surface area (Å²) >= 11 is 0. The SMILES string of the molecule is C/C=C/[C@@H]1[C@@H](c2ccc(S(N)(=O)=O)cc2)C1(C)C. The normalized spacial score (nSPS) is 26.4. The third kappa shape index (κ3) is 2.22. The third-order valence-electron chi connectivity index (χ3n) is 3.88. The van der Waals surface area contributed by atoms with Crippen LogP contribution >= 0.6 is 0 Å². The van der Waals surface area contributed by atoms with Crippen LogP contribution < -0.4 is 5.14 Å². The summed E-state index contributed by atoms with van der Waals surface area (Å²) in [5, 5.41) is 5.09. The van der Waals surface area contributed by atoms with E-state index in [0.717, 1.165) is 0 Å². The quantitative estimate of drug-likeness (QED) is 0.854. The number of benzene rings is 1. The van der Waals surface area contributed by atoms with E-state index < -0.39 is 10.0 Å². The molecule has 0 amide bonds. The number of rotatable bonds is 3. The molecule has 2 N–H and O–H groups in total. The van der Waals surface area contributed by atoms with Gasteiger partial charge in [0.25, 0.3) is 0 Å². The van der Waals surface area contributed by atoms with E-state index >= 15 is 0 Å². The molecule has 18 heavy (non-hydrogen) atoms. The highest BCUT2D eigenvalue weighted by molar-refractivity contribution is 7.89. The van der Waals surface area contributed by atoms with Crippen LogP contribution in [0, 0.1) is 11.3 Å². The molecule has 1 aromatic rings. The Hall–Kier alpha value is -1.13. The van der Waals surface area contributed by atoms with Crippen molar-refractivity contribution in [2.75, 3.05) is 0 Å². The van der Waals surface area contributed by atoms with Crippen molar-refractivity contribution in [2.45, 2.75) is 31.6 Å². The van der Waals surface area contributed by atoms with Gasteiger partial charge in [-0.1, -0.05) is 38.1 Å². The zero-order chi connectivity index (χ0) is 13.6. The van der Waals surface area contributed by atoms with Crippen molar-refractivity contribution in [1.29, 1.82) is 0 Å². The van der Waals surface area contributed by atoms with E-state index in [1.807, 2.05) is 19.1 Å². The van der Waals surface area contributed by atoms with Crippen molar-refractivity contribution >= 4 is 10.0 Å². The molecule has 0 radical (unpaired) electrons. The van der Waals surface area contributed by atoms with Gasteiger partial charge in [0.15, 0.2) is 0 Å². The molecule has 0 aromatic heterocycles. The second-order valence-electron chi connectivity index (χ2n) is 5.46. The average molecular weight is 265 g/mol. The van der Waals surface area contributed by atoms with Crippen LogP contribution in [0.15, 0.2) is 41.3 Å². The Balaban J connectivity index is 2.27. The van der Waals surface area contributed by atoms with Gasteiger partial charge in [-0.25, -0.2) is 13.6 Å². The summed E-state index contributed by atoms with van der Waals surface area (Å²) in [4.78, 5) is 0.173. The second kappa shape index (κ2) is 4.21. The van der Waals surface area contributed by atoms with E-state index in [1.165, 1.54) is 5.56 Å². The smallest absolute Gasteiger partial charge is 0.225 e. The number of allylic oxidation sites excluding steroid dienone is 2. The van der Waals surface area contributed by atoms with Gasteiger partial charge in [0, 0.05) is 0 Å². The maximum absolute atomic E-state index is 11.2. The molecule has 1 aromatic carbocycles. The first-order valence-corrected chi connectivity index (χ1v) is 7.58. The summed E-state index contributed by atoms with van der Waals surface area (Å²) in [5.74, 6) is 0.992. The van der Waals surface area contributed by atoms with Crippen molar-refractivity contribution in [2.24, 2.45) is 16.5 Å². The third-order valence-corrected chi connectivity index (χ3v) is 4.81. The van der Waals surface area contributed by atoms with Crippen molar-refractivity contribution < 1.29 is 8.42 Å². The largest absolute Gasteiger partial charge is 0.238 e. The Bertz CT molecular complexity index is 570. The van der Waals surface area contributed by atoms with Crippen LogP contribution in [0.1, 0.15) is 32.3 Å². The summed E-state index contributed by atoms with van der Waals surface area (Å²) in [5.41, 5.74) is 1.42. The number of nitrogens with two attached hydrogens (primary N) is 1. The fourth-order valence-corrected chi connectivity index (χ4v) is 3.26. The molecule has 2 atom stereocenters. The Labute approximate surface area is 109 Å². The van der Waals surface area contributed by atoms with Gasteiger partial charge in [-0.2, -0.15) is 0 Å². The highest BCUT2D eigenvalue weighted by Gasteiger charge is 2.56. The van der Waals surface area contributed by atoms with Crippen molar-refractivity contribution in [3.05, 3.63) is 42.0 Å². The van der Waals surface area contributed by atoms with Crippen LogP contribution in [0.4, 0.5) is 0 Å². The van der Waals surface area contributed by atoms with Crippen molar-refractivity contribution in [1.82, 2.24) is 0 Å². The van der Waals surface area contributed by atoms with Gasteiger partial charge in [0.1, 0.15) is 0 Å². The maximum atomic E-state index is 11.2. The van der Waals surface area contributed by atoms with E-state index in [4.69, 9.17) is 5.14 Å². The molecular weight excluding hydrogens is 246 g/mol. The molecule has 4 heteroatoms. The zero-order valence-electron chi connectivity index (χ0n) is 10.9. The van der Waals surface area contributed by atoms with Crippen LogP contribution in [0.5, 0.6) is 0 Å². The topological polar surface area (TPSA) is 60.2 Å². The van der Waals surface area contributed by atoms with Crippen LogP contribution in [-0.4, -0.2) is 8.42 Å². The van der Waals surface area contributed by atoms with Gasteiger partial charge in [0.2, 0.25) is 10.0 Å². The first-order valence-electron chi connectivity index (χ1n) is 6.04. The molecule has 1 fully saturated rings. The van der Waals surface area contributed by atoms with Crippen molar-refractivity contribution in [3.8, 4) is 0 Å². The van der Waals surface area contributed by atoms with E-state index in [-0.39, 0.29) is 10.3 Å². The molecule has 0 unspecified atom stereocenters. The van der Waals surface area contributed by atoms with E-state index in [9.17, 15) is 8.42 Å². The maximum Gasteiger partial charge on any atom is 0.238 e. The fraction of sp³-hybridized carbons (Fsp3) is 0.429. The van der Waals surface area contributed by atoms with Crippen molar-refractivity contribution in [3.63, 3.8) is 0 Å². The first kappa shape index (κ1) is 13.3. The van der Waals surface area contributed by atoms with Crippen LogP contribution in [-0.2, 0) is 10.0 Å². The molecule has 1 saturated carbocycles. The lowest BCUT2D eigenvalue weighted by molar-refractivity contribution is 0.592. The average Bonchev–Trinajstić information content (AvgIpc) is 2.80. The number of hydrogen-bond acceptors (Lipinski definition) is 2. The highest BCUT2D eigenvalue weighted by Crippen LogP contribution is 2.65. The monoisotopic (exact) mass is 265 g/mol. The molecule has 2 rings (SSSR count). The summed E-state index contributed by atoms with van der Waals surface area (Å²) in [6, 6.07) is 6.92. The first-order chi connectivity index (χ1) is 8.28. The van der Waals surface area contributed by atoms with Gasteiger partial charge in [-0.3, -0.25) is 0 Å². The molecule has 1 aliphatic carbocycles. The van der Waals surface area contributed by atoms with Crippen LogP contribution in [0.25, 0.3) is 0 Å². The molecule has 98 valence electrons. The summed E-state index contributed by atoms with van der Waals surface area (Å²) in [6.45, 7) is 6.49. The molecule has 0 bridgehead atoms. The van der Waals surface area contributed by atoms with E-state index in [2.05, 4.69) is 26.0 Å². The molecule has 0 spiro atoms.